The first-order chi connectivity index (χ1) is 11.3. The number of pyridine rings is 1. The van der Waals surface area contributed by atoms with Crippen molar-refractivity contribution in [3.05, 3.63) is 23.9 Å². The molecule has 0 aliphatic carbocycles. The summed E-state index contributed by atoms with van der Waals surface area (Å²) in [5, 5.41) is 2.84. The van der Waals surface area contributed by atoms with Crippen molar-refractivity contribution in [1.29, 1.82) is 0 Å². The summed E-state index contributed by atoms with van der Waals surface area (Å²) in [7, 11) is 0. The van der Waals surface area contributed by atoms with Crippen LogP contribution in [0.25, 0.3) is 0 Å². The number of amides is 1. The van der Waals surface area contributed by atoms with Gasteiger partial charge in [-0.3, -0.25) is 10.2 Å². The lowest BCUT2D eigenvalue weighted by atomic mass is 9.94. The molecule has 1 aliphatic heterocycles. The van der Waals surface area contributed by atoms with Crippen LogP contribution in [0.4, 0.5) is 10.6 Å². The Kier molecular flexibility index (Phi) is 6.21. The average Bonchev–Trinajstić information content (AvgIpc) is 2.46. The van der Waals surface area contributed by atoms with Gasteiger partial charge in [-0.1, -0.05) is 26.3 Å². The predicted octanol–water partition coefficient (Wildman–Crippen LogP) is 4.61. The molecule has 0 spiro atoms. The minimum absolute atomic E-state index is 0.305. The molecule has 0 saturated carbocycles. The SMILES string of the molecule is CC(C)CN1CCCC[C@@H]1c1cccnc1NC(=O)OC(C)(C)C. The largest absolute Gasteiger partial charge is 0.444 e. The summed E-state index contributed by atoms with van der Waals surface area (Å²) in [6, 6.07) is 4.32. The van der Waals surface area contributed by atoms with Gasteiger partial charge in [0.15, 0.2) is 0 Å². The van der Waals surface area contributed by atoms with Gasteiger partial charge >= 0.3 is 6.09 Å². The number of ether oxygens (including phenoxy) is 1. The van der Waals surface area contributed by atoms with Crippen molar-refractivity contribution in [1.82, 2.24) is 9.88 Å². The summed E-state index contributed by atoms with van der Waals surface area (Å²) < 4.78 is 5.37. The van der Waals surface area contributed by atoms with E-state index in [2.05, 4.69) is 35.1 Å². The van der Waals surface area contributed by atoms with Gasteiger partial charge in [-0.25, -0.2) is 9.78 Å². The van der Waals surface area contributed by atoms with Crippen LogP contribution in [0.15, 0.2) is 18.3 Å². The highest BCUT2D eigenvalue weighted by atomic mass is 16.6. The molecule has 1 saturated heterocycles. The normalized spacial score (nSPS) is 19.3. The molecule has 2 rings (SSSR count). The molecule has 0 unspecified atom stereocenters. The summed E-state index contributed by atoms with van der Waals surface area (Å²) in [5.74, 6) is 1.23. The Hall–Kier alpha value is -1.62. The van der Waals surface area contributed by atoms with E-state index in [9.17, 15) is 4.79 Å². The fourth-order valence-electron chi connectivity index (χ4n) is 3.22. The van der Waals surface area contributed by atoms with E-state index in [-0.39, 0.29) is 0 Å². The van der Waals surface area contributed by atoms with Gasteiger partial charge in [0.25, 0.3) is 0 Å². The lowest BCUT2D eigenvalue weighted by Gasteiger charge is -2.37. The van der Waals surface area contributed by atoms with E-state index in [0.717, 1.165) is 25.1 Å². The van der Waals surface area contributed by atoms with Crippen molar-refractivity contribution in [2.75, 3.05) is 18.4 Å². The molecule has 5 nitrogen and oxygen atoms in total. The first kappa shape index (κ1) is 18.7. The second kappa shape index (κ2) is 7.97. The zero-order valence-corrected chi connectivity index (χ0v) is 15.6. The third-order valence-electron chi connectivity index (χ3n) is 4.03. The maximum absolute atomic E-state index is 12.1. The van der Waals surface area contributed by atoms with E-state index in [0.29, 0.717) is 17.8 Å². The predicted molar refractivity (Wildman–Crippen MR) is 97.1 cm³/mol. The molecule has 1 aliphatic rings. The van der Waals surface area contributed by atoms with E-state index < -0.39 is 11.7 Å². The smallest absolute Gasteiger partial charge is 0.413 e. The number of hydrogen-bond acceptors (Lipinski definition) is 4. The second-order valence-corrected chi connectivity index (χ2v) is 7.97. The quantitative estimate of drug-likeness (QED) is 0.874. The Labute approximate surface area is 145 Å². The topological polar surface area (TPSA) is 54.5 Å². The van der Waals surface area contributed by atoms with Gasteiger partial charge in [0.1, 0.15) is 11.4 Å². The summed E-state index contributed by atoms with van der Waals surface area (Å²) in [5.41, 5.74) is 0.566. The van der Waals surface area contributed by atoms with Crippen LogP contribution in [-0.2, 0) is 4.74 Å². The van der Waals surface area contributed by atoms with Crippen molar-refractivity contribution >= 4 is 11.9 Å². The molecule has 0 aromatic carbocycles. The standard InChI is InChI=1S/C19H31N3O2/c1-14(2)13-22-12-7-6-10-16(22)15-9-8-11-20-17(15)21-18(23)24-19(3,4)5/h8-9,11,14,16H,6-7,10,12-13H2,1-5H3,(H,20,21,23)/t16-/m1/s1. The van der Waals surface area contributed by atoms with Gasteiger partial charge in [-0.15, -0.1) is 0 Å². The van der Waals surface area contributed by atoms with Crippen molar-refractivity contribution < 1.29 is 9.53 Å². The van der Waals surface area contributed by atoms with Crippen LogP contribution in [0, 0.1) is 5.92 Å². The van der Waals surface area contributed by atoms with Crippen LogP contribution in [0.1, 0.15) is 65.5 Å². The average molecular weight is 333 g/mol. The van der Waals surface area contributed by atoms with Crippen molar-refractivity contribution in [3.8, 4) is 0 Å². The van der Waals surface area contributed by atoms with Crippen molar-refractivity contribution in [2.45, 2.75) is 65.5 Å². The van der Waals surface area contributed by atoms with Gasteiger partial charge in [-0.05, 0) is 52.1 Å². The number of piperidine rings is 1. The van der Waals surface area contributed by atoms with E-state index in [4.69, 9.17) is 4.74 Å². The highest BCUT2D eigenvalue weighted by Crippen LogP contribution is 2.34. The first-order valence-corrected chi connectivity index (χ1v) is 8.95. The Balaban J connectivity index is 2.18. The summed E-state index contributed by atoms with van der Waals surface area (Å²) >= 11 is 0. The van der Waals surface area contributed by atoms with Gasteiger partial charge in [0.2, 0.25) is 0 Å². The first-order valence-electron chi connectivity index (χ1n) is 8.95. The number of anilines is 1. The summed E-state index contributed by atoms with van der Waals surface area (Å²) in [4.78, 5) is 19.1. The second-order valence-electron chi connectivity index (χ2n) is 7.97. The maximum Gasteiger partial charge on any atom is 0.413 e. The molecule has 0 bridgehead atoms. The van der Waals surface area contributed by atoms with E-state index >= 15 is 0 Å². The molecule has 24 heavy (non-hydrogen) atoms. The summed E-state index contributed by atoms with van der Waals surface area (Å²) in [6.07, 6.45) is 4.81. The molecular weight excluding hydrogens is 302 g/mol. The third kappa shape index (κ3) is 5.48. The minimum atomic E-state index is -0.520. The molecule has 0 radical (unpaired) electrons. The number of carbonyl (C=O) groups excluding carboxylic acids is 1. The van der Waals surface area contributed by atoms with Gasteiger partial charge in [-0.2, -0.15) is 0 Å². The molecule has 1 N–H and O–H groups in total. The molecule has 1 aromatic heterocycles. The number of nitrogens with one attached hydrogen (secondary N) is 1. The Morgan fingerprint density at radius 1 is 1.42 bits per heavy atom. The zero-order valence-electron chi connectivity index (χ0n) is 15.6. The number of aromatic nitrogens is 1. The molecular formula is C19H31N3O2. The van der Waals surface area contributed by atoms with Crippen molar-refractivity contribution in [2.24, 2.45) is 5.92 Å². The van der Waals surface area contributed by atoms with Crippen LogP contribution in [0.5, 0.6) is 0 Å². The van der Waals surface area contributed by atoms with Crippen molar-refractivity contribution in [3.63, 3.8) is 0 Å². The highest BCUT2D eigenvalue weighted by molar-refractivity contribution is 5.84. The van der Waals surface area contributed by atoms with E-state index in [1.54, 1.807) is 6.20 Å². The number of hydrogen-bond donors (Lipinski definition) is 1. The monoisotopic (exact) mass is 333 g/mol. The molecule has 1 amide bonds. The molecule has 5 heteroatoms. The van der Waals surface area contributed by atoms with Gasteiger partial charge in [0, 0.05) is 24.3 Å². The highest BCUT2D eigenvalue weighted by Gasteiger charge is 2.27. The maximum atomic E-state index is 12.1. The van der Waals surface area contributed by atoms with E-state index in [1.165, 1.54) is 12.8 Å². The molecule has 1 atom stereocenters. The fourth-order valence-corrected chi connectivity index (χ4v) is 3.22. The van der Waals surface area contributed by atoms with Crippen LogP contribution in [0.3, 0.4) is 0 Å². The van der Waals surface area contributed by atoms with Crippen LogP contribution in [-0.4, -0.2) is 34.7 Å². The lowest BCUT2D eigenvalue weighted by molar-refractivity contribution is 0.0634. The molecule has 1 aromatic rings. The van der Waals surface area contributed by atoms with E-state index in [1.807, 2.05) is 26.8 Å². The fraction of sp³-hybridized carbons (Fsp3) is 0.684. The number of rotatable bonds is 4. The Morgan fingerprint density at radius 3 is 2.83 bits per heavy atom. The van der Waals surface area contributed by atoms with Crippen LogP contribution >= 0.6 is 0 Å². The van der Waals surface area contributed by atoms with Gasteiger partial charge in [0.05, 0.1) is 0 Å². The molecule has 1 fully saturated rings. The van der Waals surface area contributed by atoms with Crippen LogP contribution < -0.4 is 5.32 Å². The number of nitrogens with zero attached hydrogens (tertiary/aromatic N) is 2. The molecule has 134 valence electrons. The number of carbonyl (C=O) groups is 1. The Morgan fingerprint density at radius 2 is 2.17 bits per heavy atom. The molecule has 2 heterocycles. The van der Waals surface area contributed by atoms with Gasteiger partial charge < -0.3 is 4.74 Å². The number of likely N-dealkylation sites (tertiary alicyclic amines) is 1. The Bertz CT molecular complexity index is 552. The lowest BCUT2D eigenvalue weighted by Crippen LogP contribution is -2.36. The van der Waals surface area contributed by atoms with Crippen LogP contribution in [0.2, 0.25) is 0 Å². The summed E-state index contributed by atoms with van der Waals surface area (Å²) in [6.45, 7) is 12.2. The zero-order chi connectivity index (χ0) is 17.7. The third-order valence-corrected chi connectivity index (χ3v) is 4.03. The minimum Gasteiger partial charge on any atom is -0.444 e.